The fraction of sp³-hybridized carbons (Fsp3) is 0.100. The van der Waals surface area contributed by atoms with E-state index >= 15 is 0 Å². The van der Waals surface area contributed by atoms with Crippen LogP contribution < -0.4 is 21.7 Å². The predicted molar refractivity (Wildman–Crippen MR) is 114 cm³/mol. The van der Waals surface area contributed by atoms with Crippen molar-refractivity contribution in [2.24, 2.45) is 5.73 Å². The molecule has 160 valence electrons. The third-order valence-electron chi connectivity index (χ3n) is 4.26. The van der Waals surface area contributed by atoms with Gasteiger partial charge in [0.15, 0.2) is 6.61 Å². The fourth-order valence-electron chi connectivity index (χ4n) is 2.77. The fourth-order valence-corrected chi connectivity index (χ4v) is 3.15. The number of hydrogen-bond acceptors (Lipinski definition) is 5. The number of halogens is 2. The molecule has 0 spiro atoms. The van der Waals surface area contributed by atoms with Gasteiger partial charge >= 0.3 is 11.7 Å². The number of hydrogen-bond donors (Lipinski definition) is 2. The minimum Gasteiger partial charge on any atom is -0.484 e. The molecule has 3 rings (SSSR count). The number of nitrogens with zero attached hydrogens (tertiary/aromatic N) is 2. The van der Waals surface area contributed by atoms with Gasteiger partial charge in [-0.05, 0) is 35.9 Å². The van der Waals surface area contributed by atoms with E-state index in [0.29, 0.717) is 11.3 Å². The molecule has 1 amide bonds. The van der Waals surface area contributed by atoms with Crippen LogP contribution in [0.2, 0.25) is 10.0 Å². The minimum atomic E-state index is -1.49. The van der Waals surface area contributed by atoms with Gasteiger partial charge in [-0.3, -0.25) is 18.7 Å². The highest BCUT2D eigenvalue weighted by Gasteiger charge is 2.19. The maximum absolute atomic E-state index is 13.0. The van der Waals surface area contributed by atoms with Crippen LogP contribution in [0.15, 0.2) is 58.3 Å². The van der Waals surface area contributed by atoms with E-state index in [9.17, 15) is 24.3 Å². The van der Waals surface area contributed by atoms with Gasteiger partial charge in [-0.2, -0.15) is 0 Å². The first kappa shape index (κ1) is 22.1. The number of ether oxygens (including phenoxy) is 1. The van der Waals surface area contributed by atoms with Crippen molar-refractivity contribution < 1.29 is 19.4 Å². The molecule has 0 saturated carbocycles. The van der Waals surface area contributed by atoms with E-state index in [2.05, 4.69) is 0 Å². The van der Waals surface area contributed by atoms with Crippen LogP contribution in [-0.2, 0) is 11.3 Å². The van der Waals surface area contributed by atoms with E-state index in [-0.39, 0.29) is 28.9 Å². The third-order valence-corrected chi connectivity index (χ3v) is 5.12. The highest BCUT2D eigenvalue weighted by molar-refractivity contribution is 6.42. The number of nitrogens with two attached hydrogens (primary N) is 1. The summed E-state index contributed by atoms with van der Waals surface area (Å²) in [5.74, 6) is -1.84. The number of carboxylic acid groups (broad SMARTS) is 1. The molecule has 0 saturated heterocycles. The zero-order chi connectivity index (χ0) is 22.7. The third kappa shape index (κ3) is 4.79. The Labute approximate surface area is 184 Å². The Morgan fingerprint density at radius 2 is 1.74 bits per heavy atom. The van der Waals surface area contributed by atoms with E-state index in [4.69, 9.17) is 33.7 Å². The molecule has 3 N–H and O–H groups in total. The van der Waals surface area contributed by atoms with Gasteiger partial charge in [0.2, 0.25) is 0 Å². The number of aromatic carboxylic acids is 1. The number of carbonyl (C=O) groups excluding carboxylic acids is 1. The van der Waals surface area contributed by atoms with E-state index in [1.165, 1.54) is 24.3 Å². The van der Waals surface area contributed by atoms with Crippen molar-refractivity contribution in [3.05, 3.63) is 90.7 Å². The first-order valence-corrected chi connectivity index (χ1v) is 9.49. The summed E-state index contributed by atoms with van der Waals surface area (Å²) >= 11 is 12.1. The van der Waals surface area contributed by atoms with Crippen LogP contribution in [-0.4, -0.2) is 32.7 Å². The summed E-state index contributed by atoms with van der Waals surface area (Å²) < 4.78 is 6.94. The maximum atomic E-state index is 13.0. The molecule has 9 nitrogen and oxygen atoms in total. The molecule has 0 aliphatic rings. The molecule has 0 atom stereocenters. The van der Waals surface area contributed by atoms with E-state index in [1.807, 2.05) is 0 Å². The van der Waals surface area contributed by atoms with Crippen LogP contribution in [0.1, 0.15) is 15.9 Å². The number of aromatic nitrogens is 2. The molecule has 0 radical (unpaired) electrons. The first-order valence-electron chi connectivity index (χ1n) is 8.73. The number of amides is 1. The van der Waals surface area contributed by atoms with Crippen molar-refractivity contribution in [2.75, 3.05) is 6.61 Å². The summed E-state index contributed by atoms with van der Waals surface area (Å²) in [5, 5.41) is 9.83. The Morgan fingerprint density at radius 1 is 1.06 bits per heavy atom. The highest BCUT2D eigenvalue weighted by Crippen LogP contribution is 2.25. The second-order valence-corrected chi connectivity index (χ2v) is 7.14. The van der Waals surface area contributed by atoms with Crippen molar-refractivity contribution in [1.82, 2.24) is 9.13 Å². The maximum Gasteiger partial charge on any atom is 0.342 e. The molecule has 0 fully saturated rings. The van der Waals surface area contributed by atoms with Crippen LogP contribution in [0.25, 0.3) is 5.69 Å². The Kier molecular flexibility index (Phi) is 6.47. The second kappa shape index (κ2) is 9.07. The molecule has 3 aromatic rings. The molecule has 31 heavy (non-hydrogen) atoms. The summed E-state index contributed by atoms with van der Waals surface area (Å²) in [6, 6.07) is 10.6. The molecule has 1 aromatic heterocycles. The average molecular weight is 464 g/mol. The topological polar surface area (TPSA) is 134 Å². The van der Waals surface area contributed by atoms with E-state index in [0.717, 1.165) is 15.3 Å². The summed E-state index contributed by atoms with van der Waals surface area (Å²) in [4.78, 5) is 48.1. The average Bonchev–Trinajstić information content (AvgIpc) is 2.73. The number of rotatable bonds is 7. The lowest BCUT2D eigenvalue weighted by Gasteiger charge is -2.13. The van der Waals surface area contributed by atoms with Gasteiger partial charge in [0.1, 0.15) is 11.3 Å². The molecule has 0 aliphatic heterocycles. The lowest BCUT2D eigenvalue weighted by Crippen LogP contribution is -2.42. The second-order valence-electron chi connectivity index (χ2n) is 6.35. The van der Waals surface area contributed by atoms with Crippen molar-refractivity contribution in [3.63, 3.8) is 0 Å². The van der Waals surface area contributed by atoms with Crippen molar-refractivity contribution >= 4 is 35.1 Å². The van der Waals surface area contributed by atoms with Crippen LogP contribution in [0.3, 0.4) is 0 Å². The number of benzene rings is 2. The number of primary amides is 1. The smallest absolute Gasteiger partial charge is 0.342 e. The quantitative estimate of drug-likeness (QED) is 0.549. The van der Waals surface area contributed by atoms with Gasteiger partial charge in [-0.15, -0.1) is 0 Å². The van der Waals surface area contributed by atoms with Gasteiger partial charge in [-0.25, -0.2) is 9.59 Å². The number of carbonyl (C=O) groups is 2. The lowest BCUT2D eigenvalue weighted by atomic mass is 10.2. The largest absolute Gasteiger partial charge is 0.484 e. The summed E-state index contributed by atoms with van der Waals surface area (Å²) in [5.41, 5.74) is 3.30. The lowest BCUT2D eigenvalue weighted by molar-refractivity contribution is -0.119. The molecular formula is C20H15Cl2N3O6. The van der Waals surface area contributed by atoms with Crippen LogP contribution in [0.5, 0.6) is 5.75 Å². The molecule has 0 bridgehead atoms. The highest BCUT2D eigenvalue weighted by atomic mass is 35.5. The van der Waals surface area contributed by atoms with Crippen molar-refractivity contribution in [2.45, 2.75) is 6.54 Å². The van der Waals surface area contributed by atoms with Gasteiger partial charge in [0.05, 0.1) is 22.3 Å². The monoisotopic (exact) mass is 463 g/mol. The van der Waals surface area contributed by atoms with Crippen LogP contribution >= 0.6 is 23.2 Å². The molecule has 1 heterocycles. The van der Waals surface area contributed by atoms with E-state index < -0.39 is 28.7 Å². The van der Waals surface area contributed by atoms with Crippen LogP contribution in [0.4, 0.5) is 0 Å². The summed E-state index contributed by atoms with van der Waals surface area (Å²) in [7, 11) is 0. The summed E-state index contributed by atoms with van der Waals surface area (Å²) in [6.45, 7) is -0.605. The first-order chi connectivity index (χ1) is 14.7. The standard InChI is InChI=1S/C20H15Cl2N3O6/c21-15-3-1-2-11(17(15)22)8-25-18(27)14(19(28)29)9-24(20(25)30)12-4-6-13(7-5-12)31-10-16(23)26/h1-7,9H,8,10H2,(H2,23,26)(H,28,29). The van der Waals surface area contributed by atoms with E-state index in [1.54, 1.807) is 18.2 Å². The molecular weight excluding hydrogens is 449 g/mol. The van der Waals surface area contributed by atoms with Gasteiger partial charge < -0.3 is 15.6 Å². The Balaban J connectivity index is 2.10. The summed E-state index contributed by atoms with van der Waals surface area (Å²) in [6.07, 6.45) is 0.947. The minimum absolute atomic E-state index is 0.152. The molecule has 2 aromatic carbocycles. The normalized spacial score (nSPS) is 10.6. The zero-order valence-corrected chi connectivity index (χ0v) is 17.3. The van der Waals surface area contributed by atoms with Crippen molar-refractivity contribution in [3.8, 4) is 11.4 Å². The predicted octanol–water partition coefficient (Wildman–Crippen LogP) is 1.92. The molecule has 11 heteroatoms. The zero-order valence-electron chi connectivity index (χ0n) is 15.7. The van der Waals surface area contributed by atoms with Crippen LogP contribution in [0, 0.1) is 0 Å². The Bertz CT molecular complexity index is 1280. The Morgan fingerprint density at radius 3 is 2.35 bits per heavy atom. The van der Waals surface area contributed by atoms with Gasteiger partial charge in [0.25, 0.3) is 11.5 Å². The van der Waals surface area contributed by atoms with Gasteiger partial charge in [-0.1, -0.05) is 35.3 Å². The van der Waals surface area contributed by atoms with Crippen molar-refractivity contribution in [1.29, 1.82) is 0 Å². The van der Waals surface area contributed by atoms with Gasteiger partial charge in [0, 0.05) is 6.20 Å². The molecule has 0 aliphatic carbocycles. The number of carboxylic acids is 1. The molecule has 0 unspecified atom stereocenters. The Hall–Kier alpha value is -3.56. The SMILES string of the molecule is NC(=O)COc1ccc(-n2cc(C(=O)O)c(=O)n(Cc3cccc(Cl)c3Cl)c2=O)cc1.